The van der Waals surface area contributed by atoms with Gasteiger partial charge in [-0.2, -0.15) is 4.57 Å². The fourth-order valence-electron chi connectivity index (χ4n) is 7.18. The van der Waals surface area contributed by atoms with Crippen LogP contribution >= 0.6 is 0 Å². The van der Waals surface area contributed by atoms with Crippen LogP contribution in [0.3, 0.4) is 0 Å². The van der Waals surface area contributed by atoms with E-state index < -0.39 is 144 Å². The zero-order valence-electron chi connectivity index (χ0n) is 31.5. The molecule has 0 atom stereocenters. The van der Waals surface area contributed by atoms with Crippen LogP contribution in [0.25, 0.3) is 0 Å². The Kier molecular flexibility index (Phi) is 13.4. The summed E-state index contributed by atoms with van der Waals surface area (Å²) in [6, 6.07) is 21.0. The van der Waals surface area contributed by atoms with Crippen LogP contribution in [0.4, 0.5) is 87.8 Å². The second-order valence-corrected chi connectivity index (χ2v) is 13.6. The first-order valence-electron chi connectivity index (χ1n) is 17.8. The van der Waals surface area contributed by atoms with Crippen LogP contribution in [0.2, 0.25) is 0 Å². The minimum atomic E-state index is -7.22. The minimum absolute atomic E-state index is 0.880. The van der Waals surface area contributed by atoms with Gasteiger partial charge in [-0.3, -0.25) is 4.98 Å². The lowest BCUT2D eigenvalue weighted by Crippen LogP contribution is -2.81. The predicted molar refractivity (Wildman–Crippen MR) is 188 cm³/mol. The molecule has 23 heteroatoms. The number of hydrogen-bond acceptors (Lipinski definition) is 1. The van der Waals surface area contributed by atoms with E-state index in [1.807, 2.05) is 30.7 Å². The van der Waals surface area contributed by atoms with Crippen LogP contribution in [0.5, 0.6) is 0 Å². The lowest BCUT2D eigenvalue weighted by Gasteiger charge is -2.44. The molecule has 0 fully saturated rings. The van der Waals surface area contributed by atoms with Crippen LogP contribution in [0.15, 0.2) is 79.3 Å². The van der Waals surface area contributed by atoms with Gasteiger partial charge in [0.1, 0.15) is 52.7 Å². The maximum absolute atomic E-state index is 15.4. The van der Waals surface area contributed by atoms with E-state index in [-0.39, 0.29) is 0 Å². The summed E-state index contributed by atoms with van der Waals surface area (Å²) in [6.07, 6.45) is -0.467. The Morgan fingerprint density at radius 2 is 0.600 bits per heavy atom. The fourth-order valence-corrected chi connectivity index (χ4v) is 7.18. The molecule has 338 valence electrons. The molecule has 1 aromatic heterocycles. The normalized spacial score (nSPS) is 11.5. The predicted octanol–water partition coefficient (Wildman–Crippen LogP) is 8.85. The van der Waals surface area contributed by atoms with Crippen molar-refractivity contribution < 1.29 is 92.4 Å². The summed E-state index contributed by atoms with van der Waals surface area (Å²) in [5.41, 5.74) is -10.5. The Hall–Kier alpha value is -6.94. The number of nitrogens with zero attached hydrogens (tertiary/aromatic N) is 2. The van der Waals surface area contributed by atoms with Crippen LogP contribution in [-0.4, -0.2) is 11.1 Å². The van der Waals surface area contributed by atoms with Gasteiger partial charge in [0.15, 0.2) is 82.5 Å². The highest BCUT2D eigenvalue weighted by Crippen LogP contribution is 2.31. The molecule has 0 aliphatic heterocycles. The summed E-state index contributed by atoms with van der Waals surface area (Å²) in [5.74, 6) is -71.4. The van der Waals surface area contributed by atoms with Gasteiger partial charge in [0, 0.05) is 5.56 Å². The van der Waals surface area contributed by atoms with Gasteiger partial charge in [0.25, 0.3) is 0 Å². The van der Waals surface area contributed by atoms with Crippen molar-refractivity contribution in [1.29, 1.82) is 0 Å². The van der Waals surface area contributed by atoms with Crippen molar-refractivity contribution in [3.8, 4) is 0 Å². The Balaban J connectivity index is 0.000000289. The van der Waals surface area contributed by atoms with Crippen molar-refractivity contribution >= 4 is 28.0 Å². The van der Waals surface area contributed by atoms with Gasteiger partial charge in [-0.05, 0) is 5.56 Å². The van der Waals surface area contributed by atoms with Gasteiger partial charge >= 0.3 is 0 Å². The molecule has 6 aromatic carbocycles. The molecule has 0 unspecified atom stereocenters. The van der Waals surface area contributed by atoms with Gasteiger partial charge < -0.3 is 0 Å². The number of halogens is 20. The van der Waals surface area contributed by atoms with Gasteiger partial charge in [-0.15, -0.1) is 21.9 Å². The van der Waals surface area contributed by atoms with Crippen LogP contribution in [0.1, 0.15) is 16.8 Å². The third-order valence-electron chi connectivity index (χ3n) is 10.1. The SMILES string of the molecule is Fc1c(F)c(F)c([B-](c2c(F)c(F)c(F)c(F)c2F)(c2c(F)c(F)c(F)c(F)c2F)c2c(F)c(F)c(F)c(F)c2F)c(F)c1F.c1ccc(Cc2cncc[n+]2Cc2ccccc2)cc1. The molecule has 0 saturated heterocycles. The van der Waals surface area contributed by atoms with E-state index >= 15 is 35.1 Å². The quantitative estimate of drug-likeness (QED) is 0.0490. The standard InChI is InChI=1S/C24BF20.C18H17N2/c26-5-1(6(27)14(35)21(42)13(5)34)25(2-7(28)15(36)22(43)16(37)8(2)29,3-9(30)17(38)23(44)18(39)10(3)31)4-11(32)19(40)24(45)20(41)12(4)33;1-3-7-16(8-4-1)13-18-14-19-11-12-20(18)15-17-9-5-2-6-10-17/h;1-12,14H,13,15H2/q-1;+1. The lowest BCUT2D eigenvalue weighted by molar-refractivity contribution is -0.695. The summed E-state index contributed by atoms with van der Waals surface area (Å²) in [5, 5.41) is 0. The number of hydrogen-bond donors (Lipinski definition) is 0. The minimum Gasteiger partial charge on any atom is -0.252 e. The molecular formula is C42H17BF20N2. The van der Waals surface area contributed by atoms with Gasteiger partial charge in [-0.1, -0.05) is 60.7 Å². The van der Waals surface area contributed by atoms with Crippen LogP contribution < -0.4 is 26.4 Å². The summed E-state index contributed by atoms with van der Waals surface area (Å²) >= 11 is 0. The maximum Gasteiger partial charge on any atom is 0.204 e. The molecular weight excluding hydrogens is 923 g/mol. The molecule has 0 saturated carbocycles. The molecule has 0 spiro atoms. The molecule has 1 heterocycles. The average molecular weight is 940 g/mol. The maximum atomic E-state index is 15.4. The van der Waals surface area contributed by atoms with Crippen molar-refractivity contribution in [2.24, 2.45) is 0 Å². The smallest absolute Gasteiger partial charge is 0.204 e. The van der Waals surface area contributed by atoms with Crippen LogP contribution in [0, 0.1) is 116 Å². The van der Waals surface area contributed by atoms with Crippen molar-refractivity contribution in [2.75, 3.05) is 0 Å². The van der Waals surface area contributed by atoms with Crippen LogP contribution in [-0.2, 0) is 13.0 Å². The highest BCUT2D eigenvalue weighted by Gasteiger charge is 2.52. The highest BCUT2D eigenvalue weighted by molar-refractivity contribution is 7.20. The number of benzene rings is 6. The van der Waals surface area contributed by atoms with Crippen molar-refractivity contribution in [3.63, 3.8) is 0 Å². The summed E-state index contributed by atoms with van der Waals surface area (Å²) in [7, 11) is 0. The third-order valence-corrected chi connectivity index (χ3v) is 10.1. The molecule has 7 aromatic rings. The van der Waals surface area contributed by atoms with Crippen molar-refractivity contribution in [3.05, 3.63) is 212 Å². The molecule has 0 aliphatic rings. The monoisotopic (exact) mass is 940 g/mol. The molecule has 0 bridgehead atoms. The molecule has 0 aliphatic carbocycles. The fraction of sp³-hybridized carbons (Fsp3) is 0.0476. The van der Waals surface area contributed by atoms with Gasteiger partial charge in [0.2, 0.25) is 5.69 Å². The molecule has 2 nitrogen and oxygen atoms in total. The Morgan fingerprint density at radius 1 is 0.338 bits per heavy atom. The van der Waals surface area contributed by atoms with E-state index in [9.17, 15) is 52.7 Å². The van der Waals surface area contributed by atoms with Crippen molar-refractivity contribution in [1.82, 2.24) is 4.98 Å². The first kappa shape index (κ1) is 47.5. The first-order valence-corrected chi connectivity index (χ1v) is 17.8. The summed E-state index contributed by atoms with van der Waals surface area (Å²) < 4.78 is 296. The van der Waals surface area contributed by atoms with E-state index in [2.05, 4.69) is 58.1 Å². The third kappa shape index (κ3) is 7.89. The number of rotatable bonds is 8. The zero-order chi connectivity index (χ0) is 48.0. The summed E-state index contributed by atoms with van der Waals surface area (Å²) in [6.45, 7) is 0.880. The Morgan fingerprint density at radius 3 is 0.892 bits per heavy atom. The lowest BCUT2D eigenvalue weighted by atomic mass is 9.12. The Bertz CT molecular complexity index is 2550. The Labute approximate surface area is 350 Å². The van der Waals surface area contributed by atoms with E-state index in [1.54, 1.807) is 0 Å². The molecule has 65 heavy (non-hydrogen) atoms. The highest BCUT2D eigenvalue weighted by atomic mass is 19.2. The van der Waals surface area contributed by atoms with Gasteiger partial charge in [0.05, 0.1) is 18.8 Å². The summed E-state index contributed by atoms with van der Waals surface area (Å²) in [4.78, 5) is 4.26. The van der Waals surface area contributed by atoms with Crippen molar-refractivity contribution in [2.45, 2.75) is 13.0 Å². The van der Waals surface area contributed by atoms with E-state index in [0.29, 0.717) is 0 Å². The topological polar surface area (TPSA) is 16.8 Å². The zero-order valence-corrected chi connectivity index (χ0v) is 31.5. The average Bonchev–Trinajstić information content (AvgIpc) is 3.30. The molecule has 0 radical (unpaired) electrons. The molecule has 0 amide bonds. The van der Waals surface area contributed by atoms with E-state index in [1.165, 1.54) is 16.8 Å². The van der Waals surface area contributed by atoms with Gasteiger partial charge in [-0.25, -0.2) is 87.8 Å². The largest absolute Gasteiger partial charge is 0.252 e. The molecule has 0 N–H and O–H groups in total. The van der Waals surface area contributed by atoms with E-state index in [0.717, 1.165) is 13.0 Å². The second-order valence-electron chi connectivity index (χ2n) is 13.6. The molecule has 7 rings (SSSR count). The van der Waals surface area contributed by atoms with E-state index in [4.69, 9.17) is 0 Å². The second kappa shape index (κ2) is 18.3. The number of aromatic nitrogens is 2. The first-order chi connectivity index (χ1) is 30.6.